The topological polar surface area (TPSA) is 68.0 Å². The molecule has 3 aromatic rings. The summed E-state index contributed by atoms with van der Waals surface area (Å²) in [6.07, 6.45) is 3.20. The van der Waals surface area contributed by atoms with Gasteiger partial charge in [0.05, 0.1) is 17.5 Å². The van der Waals surface area contributed by atoms with E-state index in [1.807, 2.05) is 37.3 Å². The summed E-state index contributed by atoms with van der Waals surface area (Å²) >= 11 is 1.50. The number of carbonyl (C=O) groups is 1. The van der Waals surface area contributed by atoms with E-state index in [2.05, 4.69) is 33.7 Å². The fourth-order valence-electron chi connectivity index (χ4n) is 3.50. The molecule has 1 amide bonds. The first-order valence-corrected chi connectivity index (χ1v) is 10.7. The van der Waals surface area contributed by atoms with E-state index >= 15 is 0 Å². The van der Waals surface area contributed by atoms with Gasteiger partial charge in [0.25, 0.3) is 5.89 Å². The van der Waals surface area contributed by atoms with E-state index in [1.165, 1.54) is 28.5 Å². The number of aromatic nitrogens is 2. The van der Waals surface area contributed by atoms with Crippen molar-refractivity contribution < 1.29 is 9.32 Å². The molecule has 0 radical (unpaired) electrons. The van der Waals surface area contributed by atoms with E-state index < -0.39 is 0 Å². The van der Waals surface area contributed by atoms with Crippen molar-refractivity contribution in [1.29, 1.82) is 0 Å². The molecule has 0 saturated carbocycles. The van der Waals surface area contributed by atoms with E-state index in [4.69, 9.17) is 4.52 Å². The highest BCUT2D eigenvalue weighted by atomic mass is 32.2. The summed E-state index contributed by atoms with van der Waals surface area (Å²) in [7, 11) is 0. The minimum absolute atomic E-state index is 0.0500. The molecule has 0 unspecified atom stereocenters. The first kappa shape index (κ1) is 18.7. The average Bonchev–Trinajstić information content (AvgIpc) is 3.18. The number of nitrogens with zero attached hydrogens (tertiary/aromatic N) is 2. The van der Waals surface area contributed by atoms with Crippen molar-refractivity contribution in [2.24, 2.45) is 0 Å². The molecule has 4 rings (SSSR count). The lowest BCUT2D eigenvalue weighted by Crippen LogP contribution is -2.32. The third-order valence-corrected chi connectivity index (χ3v) is 5.86. The summed E-state index contributed by atoms with van der Waals surface area (Å²) in [4.78, 5) is 16.8. The number of hydrogen-bond donors (Lipinski definition) is 1. The van der Waals surface area contributed by atoms with E-state index in [1.54, 1.807) is 0 Å². The Labute approximate surface area is 168 Å². The summed E-state index contributed by atoms with van der Waals surface area (Å²) in [5, 5.41) is 7.19. The predicted molar refractivity (Wildman–Crippen MR) is 111 cm³/mol. The van der Waals surface area contributed by atoms with Crippen molar-refractivity contribution in [3.63, 3.8) is 0 Å². The highest BCUT2D eigenvalue weighted by Gasteiger charge is 2.21. The van der Waals surface area contributed by atoms with Gasteiger partial charge in [-0.1, -0.05) is 47.1 Å². The van der Waals surface area contributed by atoms with Gasteiger partial charge in [0, 0.05) is 5.56 Å². The first-order chi connectivity index (χ1) is 13.7. The molecule has 5 nitrogen and oxygen atoms in total. The van der Waals surface area contributed by atoms with Gasteiger partial charge in [0.2, 0.25) is 5.91 Å². The Kier molecular flexibility index (Phi) is 5.76. The highest BCUT2D eigenvalue weighted by Crippen LogP contribution is 2.29. The molecular weight excluding hydrogens is 370 g/mol. The second kappa shape index (κ2) is 8.61. The Hall–Kier alpha value is -2.60. The summed E-state index contributed by atoms with van der Waals surface area (Å²) in [5.41, 5.74) is 4.70. The number of carbonyl (C=O) groups excluding carboxylic acids is 1. The van der Waals surface area contributed by atoms with Crippen LogP contribution < -0.4 is 5.32 Å². The Bertz CT molecular complexity index is 952. The normalized spacial score (nSPS) is 15.8. The van der Waals surface area contributed by atoms with Crippen LogP contribution >= 0.6 is 11.8 Å². The second-order valence-corrected chi connectivity index (χ2v) is 8.07. The van der Waals surface area contributed by atoms with Crippen molar-refractivity contribution in [3.05, 3.63) is 71.0 Å². The van der Waals surface area contributed by atoms with Crippen LogP contribution in [0.15, 0.2) is 53.1 Å². The molecule has 1 N–H and O–H groups in total. The van der Waals surface area contributed by atoms with Gasteiger partial charge in [-0.2, -0.15) is 4.98 Å². The highest BCUT2D eigenvalue weighted by molar-refractivity contribution is 7.99. The molecule has 0 spiro atoms. The largest absolute Gasteiger partial charge is 0.349 e. The van der Waals surface area contributed by atoms with Crippen molar-refractivity contribution in [1.82, 2.24) is 15.5 Å². The molecule has 0 saturated heterocycles. The van der Waals surface area contributed by atoms with E-state index in [0.717, 1.165) is 24.8 Å². The molecular formula is C22H23N3O2S. The zero-order chi connectivity index (χ0) is 19.3. The number of nitrogens with one attached hydrogen (secondary N) is 1. The number of thioether (sulfide) groups is 1. The number of rotatable bonds is 6. The van der Waals surface area contributed by atoms with Crippen molar-refractivity contribution in [3.8, 4) is 11.5 Å². The van der Waals surface area contributed by atoms with Crippen LogP contribution in [-0.4, -0.2) is 21.8 Å². The molecule has 1 aliphatic rings. The zero-order valence-corrected chi connectivity index (χ0v) is 16.7. The van der Waals surface area contributed by atoms with Crippen LogP contribution in [0.25, 0.3) is 11.5 Å². The molecule has 0 aliphatic heterocycles. The standard InChI is InChI=1S/C22H23N3O2S/c1-15-9-11-17(12-10-15)22-24-20(25-27-22)13-28-14-21(26)23-19-8-4-6-16-5-2-3-7-18(16)19/h2-3,5,7,9-12,19H,4,6,8,13-14H2,1H3,(H,23,26)/t19-/m1/s1. The van der Waals surface area contributed by atoms with Gasteiger partial charge in [-0.3, -0.25) is 4.79 Å². The van der Waals surface area contributed by atoms with Crippen molar-refractivity contribution in [2.75, 3.05) is 5.75 Å². The molecule has 1 atom stereocenters. The Morgan fingerprint density at radius 1 is 1.21 bits per heavy atom. The predicted octanol–water partition coefficient (Wildman–Crippen LogP) is 4.47. The fraction of sp³-hybridized carbons (Fsp3) is 0.318. The molecule has 0 fully saturated rings. The van der Waals surface area contributed by atoms with E-state index in [0.29, 0.717) is 23.2 Å². The van der Waals surface area contributed by atoms with Gasteiger partial charge in [0.15, 0.2) is 5.82 Å². The smallest absolute Gasteiger partial charge is 0.257 e. The Balaban J connectivity index is 1.28. The van der Waals surface area contributed by atoms with Crippen LogP contribution in [0, 0.1) is 6.92 Å². The molecule has 0 bridgehead atoms. The maximum Gasteiger partial charge on any atom is 0.257 e. The lowest BCUT2D eigenvalue weighted by atomic mass is 9.88. The molecule has 1 aliphatic carbocycles. The number of fused-ring (bicyclic) bond motifs is 1. The number of hydrogen-bond acceptors (Lipinski definition) is 5. The minimum atomic E-state index is 0.0500. The summed E-state index contributed by atoms with van der Waals surface area (Å²) in [6, 6.07) is 16.5. The van der Waals surface area contributed by atoms with Crippen LogP contribution in [0.5, 0.6) is 0 Å². The van der Waals surface area contributed by atoms with E-state index in [9.17, 15) is 4.79 Å². The average molecular weight is 394 g/mol. The van der Waals surface area contributed by atoms with Crippen molar-refractivity contribution in [2.45, 2.75) is 38.0 Å². The number of amides is 1. The molecule has 2 aromatic carbocycles. The van der Waals surface area contributed by atoms with Gasteiger partial charge in [-0.05, 0) is 49.4 Å². The summed E-state index contributed by atoms with van der Waals surface area (Å²) in [5.74, 6) is 2.10. The fourth-order valence-corrected chi connectivity index (χ4v) is 4.17. The third kappa shape index (κ3) is 4.44. The molecule has 6 heteroatoms. The van der Waals surface area contributed by atoms with Crippen LogP contribution in [0.3, 0.4) is 0 Å². The van der Waals surface area contributed by atoms with Crippen LogP contribution in [-0.2, 0) is 17.0 Å². The van der Waals surface area contributed by atoms with Gasteiger partial charge in [-0.25, -0.2) is 0 Å². The number of aryl methyl sites for hydroxylation is 2. The lowest BCUT2D eigenvalue weighted by Gasteiger charge is -2.26. The Morgan fingerprint density at radius 3 is 2.89 bits per heavy atom. The maximum absolute atomic E-state index is 12.4. The summed E-state index contributed by atoms with van der Waals surface area (Å²) in [6.45, 7) is 2.04. The minimum Gasteiger partial charge on any atom is -0.349 e. The molecule has 144 valence electrons. The number of benzene rings is 2. The van der Waals surface area contributed by atoms with Gasteiger partial charge in [0.1, 0.15) is 0 Å². The molecule has 1 aromatic heterocycles. The van der Waals surface area contributed by atoms with Crippen LogP contribution in [0.4, 0.5) is 0 Å². The monoisotopic (exact) mass is 393 g/mol. The Morgan fingerprint density at radius 2 is 2.04 bits per heavy atom. The maximum atomic E-state index is 12.4. The first-order valence-electron chi connectivity index (χ1n) is 9.53. The van der Waals surface area contributed by atoms with Crippen molar-refractivity contribution >= 4 is 17.7 Å². The third-order valence-electron chi connectivity index (χ3n) is 4.94. The van der Waals surface area contributed by atoms with E-state index in [-0.39, 0.29) is 11.9 Å². The second-order valence-electron chi connectivity index (χ2n) is 7.09. The van der Waals surface area contributed by atoms with Crippen LogP contribution in [0.2, 0.25) is 0 Å². The SMILES string of the molecule is Cc1ccc(-c2nc(CSCC(=O)N[C@@H]3CCCc4ccccc43)no2)cc1. The van der Waals surface area contributed by atoms with Gasteiger partial charge in [-0.15, -0.1) is 11.8 Å². The van der Waals surface area contributed by atoms with Gasteiger partial charge >= 0.3 is 0 Å². The molecule has 1 heterocycles. The van der Waals surface area contributed by atoms with Crippen LogP contribution in [0.1, 0.15) is 41.4 Å². The van der Waals surface area contributed by atoms with Gasteiger partial charge < -0.3 is 9.84 Å². The lowest BCUT2D eigenvalue weighted by molar-refractivity contribution is -0.119. The summed E-state index contributed by atoms with van der Waals surface area (Å²) < 4.78 is 5.33. The quantitative estimate of drug-likeness (QED) is 0.669. The zero-order valence-electron chi connectivity index (χ0n) is 15.9. The molecule has 28 heavy (non-hydrogen) atoms.